The Bertz CT molecular complexity index is 402. The number of rotatable bonds is 5. The minimum Gasteiger partial charge on any atom is -0.398 e. The summed E-state index contributed by atoms with van der Waals surface area (Å²) in [5.74, 6) is -0.0340. The van der Waals surface area contributed by atoms with Gasteiger partial charge in [0.25, 0.3) is 0 Å². The van der Waals surface area contributed by atoms with Gasteiger partial charge in [-0.05, 0) is 38.5 Å². The Morgan fingerprint density at radius 1 is 1.53 bits per heavy atom. The average Bonchev–Trinajstić information content (AvgIpc) is 2.26. The van der Waals surface area contributed by atoms with E-state index in [1.54, 1.807) is 19.1 Å². The van der Waals surface area contributed by atoms with Gasteiger partial charge in [-0.1, -0.05) is 0 Å². The minimum absolute atomic E-state index is 0.0340. The lowest BCUT2D eigenvalue weighted by molar-refractivity contribution is 0.101. The number of aliphatic hydroxyl groups is 1. The molecule has 1 rings (SSSR count). The van der Waals surface area contributed by atoms with E-state index in [4.69, 9.17) is 5.73 Å². The molecule has 0 aliphatic carbocycles. The zero-order chi connectivity index (χ0) is 13.0. The summed E-state index contributed by atoms with van der Waals surface area (Å²) in [5.41, 5.74) is 7.72. The van der Waals surface area contributed by atoms with E-state index in [9.17, 15) is 9.90 Å². The van der Waals surface area contributed by atoms with Gasteiger partial charge < -0.3 is 15.7 Å². The molecular weight excluding hydrogens is 216 g/mol. The van der Waals surface area contributed by atoms with Crippen molar-refractivity contribution in [2.24, 2.45) is 0 Å². The van der Waals surface area contributed by atoms with E-state index in [1.165, 1.54) is 6.92 Å². The van der Waals surface area contributed by atoms with Gasteiger partial charge in [-0.15, -0.1) is 0 Å². The van der Waals surface area contributed by atoms with Crippen LogP contribution in [0.3, 0.4) is 0 Å². The number of hydrogen-bond donors (Lipinski definition) is 2. The molecule has 0 spiro atoms. The van der Waals surface area contributed by atoms with E-state index in [-0.39, 0.29) is 11.9 Å². The van der Waals surface area contributed by atoms with Crippen LogP contribution in [0, 0.1) is 0 Å². The fourth-order valence-electron chi connectivity index (χ4n) is 1.60. The van der Waals surface area contributed by atoms with Gasteiger partial charge in [0.1, 0.15) is 0 Å². The fourth-order valence-corrected chi connectivity index (χ4v) is 1.60. The Labute approximate surface area is 102 Å². The molecule has 0 aromatic heterocycles. The Hall–Kier alpha value is -1.55. The standard InChI is InChI=1S/C13H20N2O2/c1-9(16)6-7-15(3)11-4-5-13(14)12(8-11)10(2)17/h4-5,8-9,16H,6-7,14H2,1-3H3. The molecule has 0 aliphatic rings. The molecule has 0 bridgehead atoms. The van der Waals surface area contributed by atoms with Crippen molar-refractivity contribution in [1.29, 1.82) is 0 Å². The molecule has 4 heteroatoms. The molecule has 0 saturated carbocycles. The van der Waals surface area contributed by atoms with Crippen molar-refractivity contribution in [2.75, 3.05) is 24.2 Å². The Kier molecular flexibility index (Phi) is 4.52. The maximum Gasteiger partial charge on any atom is 0.161 e. The summed E-state index contributed by atoms with van der Waals surface area (Å²) < 4.78 is 0. The quantitative estimate of drug-likeness (QED) is 0.603. The molecular formula is C13H20N2O2. The largest absolute Gasteiger partial charge is 0.398 e. The van der Waals surface area contributed by atoms with Crippen LogP contribution in [0.4, 0.5) is 11.4 Å². The number of carbonyl (C=O) groups excluding carboxylic acids is 1. The summed E-state index contributed by atoms with van der Waals surface area (Å²) >= 11 is 0. The Morgan fingerprint density at radius 3 is 2.71 bits per heavy atom. The lowest BCUT2D eigenvalue weighted by Crippen LogP contribution is -2.22. The maximum atomic E-state index is 11.4. The smallest absolute Gasteiger partial charge is 0.161 e. The van der Waals surface area contributed by atoms with Crippen LogP contribution in [0.5, 0.6) is 0 Å². The second-order valence-corrected chi connectivity index (χ2v) is 4.39. The first-order valence-electron chi connectivity index (χ1n) is 5.71. The summed E-state index contributed by atoms with van der Waals surface area (Å²) in [6.07, 6.45) is 0.370. The van der Waals surface area contributed by atoms with Gasteiger partial charge in [-0.25, -0.2) is 0 Å². The molecule has 3 N–H and O–H groups in total. The summed E-state index contributed by atoms with van der Waals surface area (Å²) in [7, 11) is 1.93. The molecule has 0 saturated heterocycles. The molecule has 1 aromatic rings. The first-order chi connectivity index (χ1) is 7.91. The summed E-state index contributed by atoms with van der Waals surface area (Å²) in [6.45, 7) is 4.00. The van der Waals surface area contributed by atoms with Gasteiger partial charge in [0, 0.05) is 30.5 Å². The van der Waals surface area contributed by atoms with Crippen molar-refractivity contribution < 1.29 is 9.90 Å². The lowest BCUT2D eigenvalue weighted by atomic mass is 10.1. The monoisotopic (exact) mass is 236 g/mol. The molecule has 0 heterocycles. The third-order valence-electron chi connectivity index (χ3n) is 2.74. The highest BCUT2D eigenvalue weighted by atomic mass is 16.3. The normalized spacial score (nSPS) is 12.2. The lowest BCUT2D eigenvalue weighted by Gasteiger charge is -2.21. The second kappa shape index (κ2) is 5.68. The molecule has 1 atom stereocenters. The third-order valence-corrected chi connectivity index (χ3v) is 2.74. The number of anilines is 2. The minimum atomic E-state index is -0.321. The number of nitrogen functional groups attached to an aromatic ring is 1. The van der Waals surface area contributed by atoms with E-state index in [0.29, 0.717) is 17.7 Å². The van der Waals surface area contributed by atoms with E-state index >= 15 is 0 Å². The number of ketones is 1. The second-order valence-electron chi connectivity index (χ2n) is 4.39. The Balaban J connectivity index is 2.84. The molecule has 0 aliphatic heterocycles. The van der Waals surface area contributed by atoms with Crippen molar-refractivity contribution in [3.05, 3.63) is 23.8 Å². The predicted molar refractivity (Wildman–Crippen MR) is 70.4 cm³/mol. The highest BCUT2D eigenvalue weighted by Gasteiger charge is 2.09. The summed E-state index contributed by atoms with van der Waals surface area (Å²) in [6, 6.07) is 5.41. The van der Waals surface area contributed by atoms with Crippen LogP contribution < -0.4 is 10.6 Å². The van der Waals surface area contributed by atoms with Gasteiger partial charge in [-0.2, -0.15) is 0 Å². The Morgan fingerprint density at radius 2 is 2.18 bits per heavy atom. The first-order valence-corrected chi connectivity index (χ1v) is 5.71. The molecule has 0 radical (unpaired) electrons. The van der Waals surface area contributed by atoms with Crippen molar-refractivity contribution in [3.63, 3.8) is 0 Å². The van der Waals surface area contributed by atoms with Crippen LogP contribution in [-0.2, 0) is 0 Å². The average molecular weight is 236 g/mol. The summed E-state index contributed by atoms with van der Waals surface area (Å²) in [5, 5.41) is 9.23. The van der Waals surface area contributed by atoms with Crippen LogP contribution in [0.1, 0.15) is 30.6 Å². The van der Waals surface area contributed by atoms with Crippen molar-refractivity contribution in [2.45, 2.75) is 26.4 Å². The highest BCUT2D eigenvalue weighted by Crippen LogP contribution is 2.21. The maximum absolute atomic E-state index is 11.4. The van der Waals surface area contributed by atoms with Gasteiger partial charge in [0.15, 0.2) is 5.78 Å². The number of hydrogen-bond acceptors (Lipinski definition) is 4. The third kappa shape index (κ3) is 3.75. The summed E-state index contributed by atoms with van der Waals surface area (Å²) in [4.78, 5) is 13.4. The van der Waals surface area contributed by atoms with Crippen molar-refractivity contribution in [3.8, 4) is 0 Å². The molecule has 0 amide bonds. The number of Topliss-reactive ketones (excluding diaryl/α,β-unsaturated/α-hetero) is 1. The van der Waals surface area contributed by atoms with Gasteiger partial charge in [-0.3, -0.25) is 4.79 Å². The number of aliphatic hydroxyl groups excluding tert-OH is 1. The van der Waals surface area contributed by atoms with E-state index < -0.39 is 0 Å². The number of benzene rings is 1. The molecule has 1 aromatic carbocycles. The van der Waals surface area contributed by atoms with Gasteiger partial charge >= 0.3 is 0 Å². The van der Waals surface area contributed by atoms with Crippen LogP contribution in [0.2, 0.25) is 0 Å². The molecule has 4 nitrogen and oxygen atoms in total. The molecule has 94 valence electrons. The zero-order valence-corrected chi connectivity index (χ0v) is 10.6. The van der Waals surface area contributed by atoms with Crippen LogP contribution >= 0.6 is 0 Å². The van der Waals surface area contributed by atoms with Gasteiger partial charge in [0.05, 0.1) is 6.10 Å². The molecule has 1 unspecified atom stereocenters. The van der Waals surface area contributed by atoms with Crippen molar-refractivity contribution >= 4 is 17.2 Å². The first kappa shape index (κ1) is 13.5. The van der Waals surface area contributed by atoms with Crippen molar-refractivity contribution in [1.82, 2.24) is 0 Å². The van der Waals surface area contributed by atoms with Gasteiger partial charge in [0.2, 0.25) is 0 Å². The number of nitrogens with two attached hydrogens (primary N) is 1. The number of nitrogens with zero attached hydrogens (tertiary/aromatic N) is 1. The van der Waals surface area contributed by atoms with E-state index in [2.05, 4.69) is 0 Å². The van der Waals surface area contributed by atoms with E-state index in [1.807, 2.05) is 18.0 Å². The molecule has 17 heavy (non-hydrogen) atoms. The zero-order valence-electron chi connectivity index (χ0n) is 10.6. The fraction of sp³-hybridized carbons (Fsp3) is 0.462. The van der Waals surface area contributed by atoms with E-state index in [0.717, 1.165) is 12.2 Å². The van der Waals surface area contributed by atoms with Crippen LogP contribution in [0.15, 0.2) is 18.2 Å². The predicted octanol–water partition coefficient (Wildman–Crippen LogP) is 1.68. The van der Waals surface area contributed by atoms with Crippen LogP contribution in [-0.4, -0.2) is 30.6 Å². The SMILES string of the molecule is CC(=O)c1cc(N(C)CCC(C)O)ccc1N. The number of carbonyl (C=O) groups is 1. The highest BCUT2D eigenvalue weighted by molar-refractivity contribution is 6.00. The van der Waals surface area contributed by atoms with Crippen LogP contribution in [0.25, 0.3) is 0 Å². The molecule has 0 fully saturated rings. The topological polar surface area (TPSA) is 66.6 Å².